The van der Waals surface area contributed by atoms with Crippen LogP contribution in [0.15, 0.2) is 12.1 Å². The number of benzene rings is 1. The highest BCUT2D eigenvalue weighted by Crippen LogP contribution is 2.19. The lowest BCUT2D eigenvalue weighted by Gasteiger charge is -2.08. The number of anilines is 1. The number of rotatable bonds is 3. The summed E-state index contributed by atoms with van der Waals surface area (Å²) in [5.41, 5.74) is 12.4. The van der Waals surface area contributed by atoms with E-state index >= 15 is 0 Å². The van der Waals surface area contributed by atoms with E-state index in [1.165, 1.54) is 6.07 Å². The summed E-state index contributed by atoms with van der Waals surface area (Å²) in [6, 6.07) is 3.05. The Kier molecular flexibility index (Phi) is 2.94. The van der Waals surface area contributed by atoms with Crippen molar-refractivity contribution in [1.29, 1.82) is 0 Å². The van der Waals surface area contributed by atoms with Gasteiger partial charge in [0.2, 0.25) is 0 Å². The summed E-state index contributed by atoms with van der Waals surface area (Å²) < 4.78 is 0. The van der Waals surface area contributed by atoms with Crippen molar-refractivity contribution in [1.82, 2.24) is 0 Å². The van der Waals surface area contributed by atoms with Crippen LogP contribution >= 0.6 is 0 Å². The molecule has 1 aromatic carbocycles. The average Bonchev–Trinajstić information content (AvgIpc) is 2.09. The van der Waals surface area contributed by atoms with Crippen molar-refractivity contribution < 1.29 is 14.7 Å². The maximum atomic E-state index is 11.0. The highest BCUT2D eigenvalue weighted by Gasteiger charge is 2.11. The molecule has 0 saturated heterocycles. The minimum atomic E-state index is -0.963. The Labute approximate surface area is 86.7 Å². The van der Waals surface area contributed by atoms with Crippen LogP contribution in [0.5, 0.6) is 0 Å². The van der Waals surface area contributed by atoms with Gasteiger partial charge < -0.3 is 16.6 Å². The summed E-state index contributed by atoms with van der Waals surface area (Å²) in [5, 5.41) is 8.61. The first-order valence-corrected chi connectivity index (χ1v) is 4.32. The summed E-state index contributed by atoms with van der Waals surface area (Å²) in [7, 11) is 0. The van der Waals surface area contributed by atoms with Gasteiger partial charge >= 0.3 is 5.97 Å². The fourth-order valence-corrected chi connectivity index (χ4v) is 1.35. The zero-order valence-corrected chi connectivity index (χ0v) is 8.28. The van der Waals surface area contributed by atoms with Gasteiger partial charge in [0.15, 0.2) is 0 Å². The zero-order chi connectivity index (χ0) is 11.6. The summed E-state index contributed by atoms with van der Waals surface area (Å²) in [6.07, 6.45) is -0.151. The van der Waals surface area contributed by atoms with E-state index in [9.17, 15) is 9.59 Å². The molecule has 0 spiro atoms. The minimum absolute atomic E-state index is 0.151. The van der Waals surface area contributed by atoms with E-state index in [0.717, 1.165) is 0 Å². The third-order valence-electron chi connectivity index (χ3n) is 2.07. The second-order valence-corrected chi connectivity index (χ2v) is 3.31. The van der Waals surface area contributed by atoms with Gasteiger partial charge in [0, 0.05) is 5.69 Å². The normalized spacial score (nSPS) is 9.93. The van der Waals surface area contributed by atoms with E-state index in [1.54, 1.807) is 13.0 Å². The maximum absolute atomic E-state index is 11.0. The number of aliphatic carboxylic acids is 1. The molecular weight excluding hydrogens is 196 g/mol. The summed E-state index contributed by atoms with van der Waals surface area (Å²) >= 11 is 0. The molecule has 15 heavy (non-hydrogen) atoms. The molecule has 0 atom stereocenters. The molecule has 0 bridgehead atoms. The first kappa shape index (κ1) is 11.0. The first-order valence-electron chi connectivity index (χ1n) is 4.32. The van der Waals surface area contributed by atoms with Crippen molar-refractivity contribution in [2.24, 2.45) is 5.73 Å². The monoisotopic (exact) mass is 208 g/mol. The Bertz CT molecular complexity index is 427. The number of nitrogen functional groups attached to an aromatic ring is 1. The van der Waals surface area contributed by atoms with Crippen LogP contribution in [0.3, 0.4) is 0 Å². The molecule has 0 radical (unpaired) electrons. The first-order chi connectivity index (χ1) is 6.91. The van der Waals surface area contributed by atoms with Crippen molar-refractivity contribution in [3.63, 3.8) is 0 Å². The maximum Gasteiger partial charge on any atom is 0.307 e. The van der Waals surface area contributed by atoms with E-state index in [0.29, 0.717) is 16.8 Å². The number of hydrogen-bond donors (Lipinski definition) is 3. The lowest BCUT2D eigenvalue weighted by atomic mass is 10.0. The number of primary amides is 1. The van der Waals surface area contributed by atoms with Crippen LogP contribution in [0.4, 0.5) is 5.69 Å². The van der Waals surface area contributed by atoms with Crippen molar-refractivity contribution >= 4 is 17.6 Å². The largest absolute Gasteiger partial charge is 0.481 e. The molecule has 0 aliphatic heterocycles. The fourth-order valence-electron chi connectivity index (χ4n) is 1.35. The van der Waals surface area contributed by atoms with Crippen LogP contribution in [-0.2, 0) is 11.2 Å². The molecule has 1 amide bonds. The third-order valence-corrected chi connectivity index (χ3v) is 2.07. The van der Waals surface area contributed by atoms with Crippen LogP contribution in [0.2, 0.25) is 0 Å². The Morgan fingerprint density at radius 3 is 2.47 bits per heavy atom. The lowest BCUT2D eigenvalue weighted by Crippen LogP contribution is -2.15. The number of nitrogens with two attached hydrogens (primary N) is 2. The molecule has 1 aromatic rings. The topological polar surface area (TPSA) is 106 Å². The smallest absolute Gasteiger partial charge is 0.307 e. The Morgan fingerprint density at radius 1 is 1.40 bits per heavy atom. The van der Waals surface area contributed by atoms with Crippen molar-refractivity contribution in [2.45, 2.75) is 13.3 Å². The molecule has 0 aliphatic carbocycles. The number of aryl methyl sites for hydroxylation is 1. The second kappa shape index (κ2) is 4.00. The van der Waals surface area contributed by atoms with Crippen molar-refractivity contribution in [3.05, 3.63) is 28.8 Å². The molecule has 0 heterocycles. The molecule has 0 saturated carbocycles. The van der Waals surface area contributed by atoms with Crippen molar-refractivity contribution in [3.8, 4) is 0 Å². The van der Waals surface area contributed by atoms with Crippen LogP contribution in [0.1, 0.15) is 21.5 Å². The fraction of sp³-hybridized carbons (Fsp3) is 0.200. The Hall–Kier alpha value is -2.04. The summed E-state index contributed by atoms with van der Waals surface area (Å²) in [4.78, 5) is 21.5. The highest BCUT2D eigenvalue weighted by molar-refractivity contribution is 5.99. The molecule has 5 heteroatoms. The molecule has 0 fully saturated rings. The molecule has 0 unspecified atom stereocenters. The van der Waals surface area contributed by atoms with E-state index in [1.807, 2.05) is 0 Å². The number of carbonyl (C=O) groups excluding carboxylic acids is 1. The third kappa shape index (κ3) is 2.46. The molecular formula is C10H12N2O3. The number of carboxylic acid groups (broad SMARTS) is 1. The van der Waals surface area contributed by atoms with E-state index in [-0.39, 0.29) is 12.0 Å². The molecule has 5 N–H and O–H groups in total. The predicted octanol–water partition coefficient (Wildman–Crippen LogP) is 0.303. The number of carboxylic acids is 1. The van der Waals surface area contributed by atoms with Crippen LogP contribution in [-0.4, -0.2) is 17.0 Å². The SMILES string of the molecule is Cc1cc(CC(=O)O)cc(C(N)=O)c1N. The quantitative estimate of drug-likeness (QED) is 0.621. The molecule has 1 rings (SSSR count). The second-order valence-electron chi connectivity index (χ2n) is 3.31. The van der Waals surface area contributed by atoms with Gasteiger partial charge in [-0.1, -0.05) is 6.07 Å². The van der Waals surface area contributed by atoms with Crippen LogP contribution in [0.25, 0.3) is 0 Å². The van der Waals surface area contributed by atoms with Crippen molar-refractivity contribution in [2.75, 3.05) is 5.73 Å². The number of hydrogen-bond acceptors (Lipinski definition) is 3. The highest BCUT2D eigenvalue weighted by atomic mass is 16.4. The van der Waals surface area contributed by atoms with E-state index in [2.05, 4.69) is 0 Å². The average molecular weight is 208 g/mol. The van der Waals surface area contributed by atoms with Gasteiger partial charge in [-0.05, 0) is 24.1 Å². The van der Waals surface area contributed by atoms with E-state index in [4.69, 9.17) is 16.6 Å². The number of carbonyl (C=O) groups is 2. The summed E-state index contributed by atoms with van der Waals surface area (Å²) in [6.45, 7) is 1.70. The predicted molar refractivity (Wildman–Crippen MR) is 55.4 cm³/mol. The van der Waals surface area contributed by atoms with Gasteiger partial charge in [-0.25, -0.2) is 0 Å². The lowest BCUT2D eigenvalue weighted by molar-refractivity contribution is -0.136. The van der Waals surface area contributed by atoms with Gasteiger partial charge in [0.25, 0.3) is 5.91 Å². The summed E-state index contributed by atoms with van der Waals surface area (Å²) in [5.74, 6) is -1.61. The minimum Gasteiger partial charge on any atom is -0.481 e. The Balaban J connectivity index is 3.23. The molecule has 5 nitrogen and oxygen atoms in total. The van der Waals surface area contributed by atoms with Crippen LogP contribution in [0, 0.1) is 6.92 Å². The standard InChI is InChI=1S/C10H12N2O3/c1-5-2-6(4-8(13)14)3-7(9(5)11)10(12)15/h2-3H,4,11H2,1H3,(H2,12,15)(H,13,14). The van der Waals surface area contributed by atoms with Gasteiger partial charge in [-0.3, -0.25) is 9.59 Å². The van der Waals surface area contributed by atoms with E-state index < -0.39 is 11.9 Å². The Morgan fingerprint density at radius 2 is 2.00 bits per heavy atom. The number of amides is 1. The zero-order valence-electron chi connectivity index (χ0n) is 8.28. The van der Waals surface area contributed by atoms with Gasteiger partial charge in [-0.2, -0.15) is 0 Å². The van der Waals surface area contributed by atoms with Crippen LogP contribution < -0.4 is 11.5 Å². The van der Waals surface area contributed by atoms with Gasteiger partial charge in [0.05, 0.1) is 12.0 Å². The van der Waals surface area contributed by atoms with Gasteiger partial charge in [0.1, 0.15) is 0 Å². The van der Waals surface area contributed by atoms with Gasteiger partial charge in [-0.15, -0.1) is 0 Å². The molecule has 80 valence electrons. The molecule has 0 aliphatic rings. The molecule has 0 aromatic heterocycles.